The van der Waals surface area contributed by atoms with Crippen molar-refractivity contribution in [1.82, 2.24) is 0 Å². The van der Waals surface area contributed by atoms with Gasteiger partial charge < -0.3 is 14.2 Å². The zero-order chi connectivity index (χ0) is 29.1. The summed E-state index contributed by atoms with van der Waals surface area (Å²) in [6.45, 7) is 1.48. The number of ether oxygens (including phenoxy) is 3. The maximum Gasteiger partial charge on any atom is 0.154 e. The minimum Gasteiger partial charge on any atom is -0.488 e. The molecular weight excluding hydrogens is 536 g/mol. The summed E-state index contributed by atoms with van der Waals surface area (Å²) in [5.41, 5.74) is 2.89. The lowest BCUT2D eigenvalue weighted by Crippen LogP contribution is -2.12. The van der Waals surface area contributed by atoms with Crippen LogP contribution in [0.1, 0.15) is 0 Å². The van der Waals surface area contributed by atoms with Crippen molar-refractivity contribution in [1.29, 1.82) is 0 Å². The summed E-state index contributed by atoms with van der Waals surface area (Å²) in [6, 6.07) is 43.3. The van der Waals surface area contributed by atoms with Gasteiger partial charge in [-0.1, -0.05) is 97.1 Å². The summed E-state index contributed by atoms with van der Waals surface area (Å²) in [4.78, 5) is 0. The van der Waals surface area contributed by atoms with Gasteiger partial charge in [0.2, 0.25) is 0 Å². The number of hydrogen-bond donors (Lipinski definition) is 0. The zero-order valence-corrected chi connectivity index (χ0v) is 23.5. The van der Waals surface area contributed by atoms with E-state index in [4.69, 9.17) is 14.2 Å². The Labute approximate surface area is 250 Å². The molecule has 0 atom stereocenters. The van der Waals surface area contributed by atoms with Gasteiger partial charge in [-0.3, -0.25) is 0 Å². The van der Waals surface area contributed by atoms with Gasteiger partial charge in [0, 0.05) is 10.8 Å². The Morgan fingerprint density at radius 1 is 0.372 bits per heavy atom. The zero-order valence-electron chi connectivity index (χ0n) is 23.5. The van der Waals surface area contributed by atoms with Gasteiger partial charge in [-0.2, -0.15) is 10.2 Å². The SMILES string of the molecule is c1ccc(N=Nc2ccc3ccccc3c2OCCOCCOc2c(N=Nc3ccccc3)ccc3ccccc23)cc1. The highest BCUT2D eigenvalue weighted by molar-refractivity contribution is 5.93. The average Bonchev–Trinajstić information content (AvgIpc) is 3.07. The molecule has 7 nitrogen and oxygen atoms in total. The predicted octanol–water partition coefficient (Wildman–Crippen LogP) is 10.3. The van der Waals surface area contributed by atoms with Gasteiger partial charge in [-0.05, 0) is 47.2 Å². The smallest absolute Gasteiger partial charge is 0.154 e. The normalized spacial score (nSPS) is 11.5. The Kier molecular flexibility index (Phi) is 9.02. The van der Waals surface area contributed by atoms with Crippen molar-refractivity contribution in [2.45, 2.75) is 0 Å². The van der Waals surface area contributed by atoms with E-state index in [9.17, 15) is 0 Å². The van der Waals surface area contributed by atoms with Crippen LogP contribution >= 0.6 is 0 Å². The highest BCUT2D eigenvalue weighted by Gasteiger charge is 2.11. The Morgan fingerprint density at radius 2 is 0.791 bits per heavy atom. The van der Waals surface area contributed by atoms with E-state index in [-0.39, 0.29) is 0 Å². The second-order valence-electron chi connectivity index (χ2n) is 9.65. The Hall–Kier alpha value is -5.40. The van der Waals surface area contributed by atoms with E-state index >= 15 is 0 Å². The lowest BCUT2D eigenvalue weighted by molar-refractivity contribution is 0.0774. The Balaban J connectivity index is 1.08. The molecule has 0 N–H and O–H groups in total. The topological polar surface area (TPSA) is 77.1 Å². The van der Waals surface area contributed by atoms with Crippen molar-refractivity contribution < 1.29 is 14.2 Å². The highest BCUT2D eigenvalue weighted by atomic mass is 16.5. The largest absolute Gasteiger partial charge is 0.488 e. The molecule has 0 aromatic heterocycles. The summed E-state index contributed by atoms with van der Waals surface area (Å²) >= 11 is 0. The van der Waals surface area contributed by atoms with Crippen molar-refractivity contribution in [3.63, 3.8) is 0 Å². The molecule has 0 aliphatic carbocycles. The van der Waals surface area contributed by atoms with Gasteiger partial charge in [0.1, 0.15) is 24.6 Å². The van der Waals surface area contributed by atoms with Gasteiger partial charge in [-0.25, -0.2) is 0 Å². The van der Waals surface area contributed by atoms with Crippen LogP contribution in [0.4, 0.5) is 22.7 Å². The predicted molar refractivity (Wildman–Crippen MR) is 171 cm³/mol. The molecule has 212 valence electrons. The first-order valence-corrected chi connectivity index (χ1v) is 14.2. The standard InChI is InChI=1S/C36H30N4O3/c1-3-13-29(14-4-1)37-39-33-21-19-27-11-7-9-17-31(27)35(33)42-25-23-41-24-26-43-36-32-18-10-8-12-28(32)20-22-34(36)40-38-30-15-5-2-6-16-30/h1-22H,23-26H2. The number of nitrogens with zero attached hydrogens (tertiary/aromatic N) is 4. The quantitative estimate of drug-likeness (QED) is 0.109. The summed E-state index contributed by atoms with van der Waals surface area (Å²) in [5.74, 6) is 1.36. The number of fused-ring (bicyclic) bond motifs is 2. The summed E-state index contributed by atoms with van der Waals surface area (Å²) in [5, 5.41) is 21.8. The average molecular weight is 567 g/mol. The summed E-state index contributed by atoms with van der Waals surface area (Å²) in [6.07, 6.45) is 0. The molecule has 0 bridgehead atoms. The second kappa shape index (κ2) is 14.0. The second-order valence-corrected chi connectivity index (χ2v) is 9.65. The molecule has 0 saturated heterocycles. The fraction of sp³-hybridized carbons (Fsp3) is 0.111. The number of benzene rings is 6. The third kappa shape index (κ3) is 7.09. The molecule has 0 saturated carbocycles. The molecule has 6 aromatic rings. The fourth-order valence-electron chi connectivity index (χ4n) is 4.64. The van der Waals surface area contributed by atoms with E-state index in [0.29, 0.717) is 49.3 Å². The molecule has 0 radical (unpaired) electrons. The van der Waals surface area contributed by atoms with Crippen molar-refractivity contribution >= 4 is 44.3 Å². The van der Waals surface area contributed by atoms with Gasteiger partial charge in [0.15, 0.2) is 11.5 Å². The minimum absolute atomic E-state index is 0.354. The molecule has 7 heteroatoms. The van der Waals surface area contributed by atoms with Crippen LogP contribution < -0.4 is 9.47 Å². The van der Waals surface area contributed by atoms with Gasteiger partial charge in [-0.15, -0.1) is 10.2 Å². The van der Waals surface area contributed by atoms with E-state index in [1.54, 1.807) is 0 Å². The first-order chi connectivity index (χ1) is 21.3. The first-order valence-electron chi connectivity index (χ1n) is 14.2. The first kappa shape index (κ1) is 27.8. The molecule has 0 amide bonds. The van der Waals surface area contributed by atoms with Crippen LogP contribution in [0, 0.1) is 0 Å². The molecular formula is C36H30N4O3. The molecule has 0 heterocycles. The van der Waals surface area contributed by atoms with Gasteiger partial charge in [0.05, 0.1) is 24.6 Å². The van der Waals surface area contributed by atoms with Crippen molar-refractivity contribution in [3.8, 4) is 11.5 Å². The fourth-order valence-corrected chi connectivity index (χ4v) is 4.64. The maximum atomic E-state index is 6.21. The molecule has 0 aliphatic heterocycles. The van der Waals surface area contributed by atoms with Crippen LogP contribution in [0.5, 0.6) is 11.5 Å². The molecule has 0 aliphatic rings. The maximum absolute atomic E-state index is 6.21. The minimum atomic E-state index is 0.354. The molecule has 6 rings (SSSR count). The van der Waals surface area contributed by atoms with Crippen LogP contribution in [-0.2, 0) is 4.74 Å². The van der Waals surface area contributed by atoms with Crippen LogP contribution in [0.15, 0.2) is 154 Å². The summed E-state index contributed by atoms with van der Waals surface area (Å²) in [7, 11) is 0. The van der Waals surface area contributed by atoms with Crippen LogP contribution in [0.25, 0.3) is 21.5 Å². The highest BCUT2D eigenvalue weighted by Crippen LogP contribution is 2.38. The third-order valence-electron chi connectivity index (χ3n) is 6.72. The summed E-state index contributed by atoms with van der Waals surface area (Å²) < 4.78 is 18.3. The van der Waals surface area contributed by atoms with E-state index in [2.05, 4.69) is 32.6 Å². The van der Waals surface area contributed by atoms with Crippen LogP contribution in [-0.4, -0.2) is 26.4 Å². The van der Waals surface area contributed by atoms with Gasteiger partial charge in [0.25, 0.3) is 0 Å². The van der Waals surface area contributed by atoms with Crippen molar-refractivity contribution in [2.75, 3.05) is 26.4 Å². The lowest BCUT2D eigenvalue weighted by atomic mass is 10.1. The van der Waals surface area contributed by atoms with Crippen LogP contribution in [0.3, 0.4) is 0 Å². The molecule has 6 aromatic carbocycles. The van der Waals surface area contributed by atoms with E-state index in [1.807, 2.05) is 121 Å². The van der Waals surface area contributed by atoms with E-state index in [1.165, 1.54) is 0 Å². The van der Waals surface area contributed by atoms with Crippen molar-refractivity contribution in [2.24, 2.45) is 20.5 Å². The molecule has 0 spiro atoms. The molecule has 43 heavy (non-hydrogen) atoms. The number of azo groups is 2. The van der Waals surface area contributed by atoms with E-state index in [0.717, 1.165) is 32.9 Å². The third-order valence-corrected chi connectivity index (χ3v) is 6.72. The molecule has 0 unspecified atom stereocenters. The number of hydrogen-bond acceptors (Lipinski definition) is 7. The molecule has 0 fully saturated rings. The van der Waals surface area contributed by atoms with Gasteiger partial charge >= 0.3 is 0 Å². The number of rotatable bonds is 12. The Morgan fingerprint density at radius 3 is 1.26 bits per heavy atom. The van der Waals surface area contributed by atoms with E-state index < -0.39 is 0 Å². The van der Waals surface area contributed by atoms with Crippen molar-refractivity contribution in [3.05, 3.63) is 133 Å². The monoisotopic (exact) mass is 566 g/mol. The Bertz CT molecular complexity index is 1720. The van der Waals surface area contributed by atoms with Crippen LogP contribution in [0.2, 0.25) is 0 Å². The lowest BCUT2D eigenvalue weighted by Gasteiger charge is -2.13.